The molecule has 0 aliphatic carbocycles. The standard InChI is InChI=1S/C8H15NO5/c1-3-5(9-4(2)10)6(11)7(12)8(13)14-3/h3,5-8,11-13H,1-2H3,(H,9,10)/t3-,5-,6+,7-,8?/m0/s1. The molecule has 1 saturated heterocycles. The van der Waals surface area contributed by atoms with Crippen molar-refractivity contribution in [1.82, 2.24) is 5.32 Å². The van der Waals surface area contributed by atoms with Gasteiger partial charge in [0.2, 0.25) is 5.91 Å². The SMILES string of the molecule is CC(=O)N[C@@H]1[C@@H](O)[C@H](O)C(O)O[C@H]1C. The maximum atomic E-state index is 10.8. The lowest BCUT2D eigenvalue weighted by Crippen LogP contribution is -2.62. The summed E-state index contributed by atoms with van der Waals surface area (Å²) in [6.07, 6.45) is -4.59. The molecule has 1 aliphatic rings. The van der Waals surface area contributed by atoms with E-state index in [9.17, 15) is 15.0 Å². The normalized spacial score (nSPS) is 43.4. The van der Waals surface area contributed by atoms with Crippen molar-refractivity contribution in [3.63, 3.8) is 0 Å². The van der Waals surface area contributed by atoms with Crippen LogP contribution in [-0.2, 0) is 9.53 Å². The van der Waals surface area contributed by atoms with Crippen molar-refractivity contribution < 1.29 is 24.9 Å². The van der Waals surface area contributed by atoms with Gasteiger partial charge in [0.15, 0.2) is 6.29 Å². The Labute approximate surface area is 81.5 Å². The molecule has 0 saturated carbocycles. The molecule has 1 aliphatic heterocycles. The van der Waals surface area contributed by atoms with Crippen molar-refractivity contribution >= 4 is 5.91 Å². The smallest absolute Gasteiger partial charge is 0.217 e. The van der Waals surface area contributed by atoms with Crippen molar-refractivity contribution in [2.75, 3.05) is 0 Å². The zero-order valence-corrected chi connectivity index (χ0v) is 8.04. The van der Waals surface area contributed by atoms with E-state index in [0.717, 1.165) is 0 Å². The van der Waals surface area contributed by atoms with Gasteiger partial charge in [-0.1, -0.05) is 0 Å². The van der Waals surface area contributed by atoms with Gasteiger partial charge in [0, 0.05) is 6.92 Å². The number of ether oxygens (including phenoxy) is 1. The van der Waals surface area contributed by atoms with Gasteiger partial charge < -0.3 is 25.4 Å². The predicted octanol–water partition coefficient (Wildman–Crippen LogP) is -2.05. The Balaban J connectivity index is 2.68. The summed E-state index contributed by atoms with van der Waals surface area (Å²) in [5.41, 5.74) is 0. The van der Waals surface area contributed by atoms with E-state index < -0.39 is 30.6 Å². The van der Waals surface area contributed by atoms with E-state index in [2.05, 4.69) is 5.32 Å². The van der Waals surface area contributed by atoms with Gasteiger partial charge in [0.05, 0.1) is 12.1 Å². The van der Waals surface area contributed by atoms with E-state index in [0.29, 0.717) is 0 Å². The van der Waals surface area contributed by atoms with Crippen LogP contribution < -0.4 is 5.32 Å². The summed E-state index contributed by atoms with van der Waals surface area (Å²) in [6, 6.07) is -0.703. The van der Waals surface area contributed by atoms with Crippen LogP contribution in [0.4, 0.5) is 0 Å². The third-order valence-corrected chi connectivity index (χ3v) is 2.24. The fourth-order valence-electron chi connectivity index (χ4n) is 1.48. The third-order valence-electron chi connectivity index (χ3n) is 2.24. The van der Waals surface area contributed by atoms with Gasteiger partial charge in [-0.15, -0.1) is 0 Å². The molecule has 0 aromatic carbocycles. The first-order valence-corrected chi connectivity index (χ1v) is 4.40. The highest BCUT2D eigenvalue weighted by Crippen LogP contribution is 2.19. The molecule has 82 valence electrons. The molecular formula is C8H15NO5. The van der Waals surface area contributed by atoms with Gasteiger partial charge in [-0.25, -0.2) is 0 Å². The van der Waals surface area contributed by atoms with Gasteiger partial charge >= 0.3 is 0 Å². The summed E-state index contributed by atoms with van der Waals surface area (Å²) < 4.78 is 4.91. The number of carbonyl (C=O) groups is 1. The molecule has 0 radical (unpaired) electrons. The molecular weight excluding hydrogens is 190 g/mol. The summed E-state index contributed by atoms with van der Waals surface area (Å²) in [6.45, 7) is 2.90. The van der Waals surface area contributed by atoms with E-state index in [1.54, 1.807) is 6.92 Å². The van der Waals surface area contributed by atoms with Gasteiger partial charge in [0.1, 0.15) is 12.2 Å². The van der Waals surface area contributed by atoms with Gasteiger partial charge in [0.25, 0.3) is 0 Å². The second-order valence-electron chi connectivity index (χ2n) is 3.44. The Morgan fingerprint density at radius 1 is 1.29 bits per heavy atom. The number of amides is 1. The number of nitrogens with one attached hydrogen (secondary N) is 1. The quantitative estimate of drug-likeness (QED) is 0.395. The van der Waals surface area contributed by atoms with Crippen molar-refractivity contribution in [2.45, 2.75) is 44.5 Å². The fourth-order valence-corrected chi connectivity index (χ4v) is 1.48. The molecule has 14 heavy (non-hydrogen) atoms. The molecule has 1 heterocycles. The number of rotatable bonds is 1. The molecule has 4 N–H and O–H groups in total. The van der Waals surface area contributed by atoms with Crippen LogP contribution >= 0.6 is 0 Å². The molecule has 1 amide bonds. The zero-order valence-electron chi connectivity index (χ0n) is 8.04. The first-order valence-electron chi connectivity index (χ1n) is 4.40. The van der Waals surface area contributed by atoms with Crippen LogP contribution in [0.25, 0.3) is 0 Å². The molecule has 0 aromatic heterocycles. The number of hydrogen-bond donors (Lipinski definition) is 4. The summed E-state index contributed by atoms with van der Waals surface area (Å²) in [5, 5.41) is 30.4. The Bertz CT molecular complexity index is 222. The number of hydrogen-bond acceptors (Lipinski definition) is 5. The van der Waals surface area contributed by atoms with Crippen molar-refractivity contribution in [2.24, 2.45) is 0 Å². The predicted molar refractivity (Wildman–Crippen MR) is 46.2 cm³/mol. The van der Waals surface area contributed by atoms with Crippen LogP contribution in [0.1, 0.15) is 13.8 Å². The minimum absolute atomic E-state index is 0.326. The van der Waals surface area contributed by atoms with Crippen LogP contribution in [0.3, 0.4) is 0 Å². The summed E-state index contributed by atoms with van der Waals surface area (Å²) in [4.78, 5) is 10.8. The number of carbonyl (C=O) groups excluding carboxylic acids is 1. The van der Waals surface area contributed by atoms with Crippen molar-refractivity contribution in [3.8, 4) is 0 Å². The molecule has 0 aromatic rings. The van der Waals surface area contributed by atoms with Crippen LogP contribution in [0.2, 0.25) is 0 Å². The van der Waals surface area contributed by atoms with E-state index in [4.69, 9.17) is 9.84 Å². The molecule has 0 spiro atoms. The van der Waals surface area contributed by atoms with Gasteiger partial charge in [-0.3, -0.25) is 4.79 Å². The zero-order chi connectivity index (χ0) is 10.9. The minimum atomic E-state index is -1.41. The largest absolute Gasteiger partial charge is 0.388 e. The molecule has 6 nitrogen and oxygen atoms in total. The Morgan fingerprint density at radius 3 is 2.36 bits per heavy atom. The average molecular weight is 205 g/mol. The van der Waals surface area contributed by atoms with E-state index in [1.807, 2.05) is 0 Å². The highest BCUT2D eigenvalue weighted by Gasteiger charge is 2.42. The third kappa shape index (κ3) is 2.21. The van der Waals surface area contributed by atoms with Crippen LogP contribution in [0.15, 0.2) is 0 Å². The summed E-state index contributed by atoms with van der Waals surface area (Å²) >= 11 is 0. The molecule has 5 atom stereocenters. The number of aliphatic hydroxyl groups is 3. The average Bonchev–Trinajstić information content (AvgIpc) is 2.09. The minimum Gasteiger partial charge on any atom is -0.388 e. The topological polar surface area (TPSA) is 99.0 Å². The molecule has 1 rings (SSSR count). The van der Waals surface area contributed by atoms with Crippen LogP contribution in [-0.4, -0.2) is 51.9 Å². The van der Waals surface area contributed by atoms with Crippen LogP contribution in [0.5, 0.6) is 0 Å². The van der Waals surface area contributed by atoms with Crippen LogP contribution in [0, 0.1) is 0 Å². The fraction of sp³-hybridized carbons (Fsp3) is 0.875. The van der Waals surface area contributed by atoms with Crippen molar-refractivity contribution in [3.05, 3.63) is 0 Å². The maximum Gasteiger partial charge on any atom is 0.217 e. The van der Waals surface area contributed by atoms with Crippen molar-refractivity contribution in [1.29, 1.82) is 0 Å². The second-order valence-corrected chi connectivity index (χ2v) is 3.44. The van der Waals surface area contributed by atoms with Gasteiger partial charge in [-0.2, -0.15) is 0 Å². The lowest BCUT2D eigenvalue weighted by atomic mass is 9.97. The maximum absolute atomic E-state index is 10.8. The van der Waals surface area contributed by atoms with Gasteiger partial charge in [-0.05, 0) is 6.92 Å². The lowest BCUT2D eigenvalue weighted by molar-refractivity contribution is -0.253. The summed E-state index contributed by atoms with van der Waals surface area (Å²) in [5.74, 6) is -0.326. The second kappa shape index (κ2) is 4.22. The molecule has 0 bridgehead atoms. The summed E-state index contributed by atoms with van der Waals surface area (Å²) in [7, 11) is 0. The number of aliphatic hydroxyl groups excluding tert-OH is 3. The van der Waals surface area contributed by atoms with E-state index in [1.165, 1.54) is 6.92 Å². The molecule has 1 fully saturated rings. The Morgan fingerprint density at radius 2 is 1.86 bits per heavy atom. The first kappa shape index (κ1) is 11.4. The molecule has 6 heteroatoms. The van der Waals surface area contributed by atoms with E-state index >= 15 is 0 Å². The molecule has 1 unspecified atom stereocenters. The monoisotopic (exact) mass is 205 g/mol. The first-order chi connectivity index (χ1) is 6.43. The highest BCUT2D eigenvalue weighted by atomic mass is 16.6. The highest BCUT2D eigenvalue weighted by molar-refractivity contribution is 5.73. The van der Waals surface area contributed by atoms with E-state index in [-0.39, 0.29) is 5.91 Å². The lowest BCUT2D eigenvalue weighted by Gasteiger charge is -2.39. The Kier molecular flexibility index (Phi) is 3.43. The Hall–Kier alpha value is -0.690.